The molecule has 9 nitrogen and oxygen atoms in total. The van der Waals surface area contributed by atoms with E-state index in [1.165, 1.54) is 89.2 Å². The maximum absolute atomic E-state index is 13.8. The third-order valence-electron chi connectivity index (χ3n) is 12.7. The van der Waals surface area contributed by atoms with Crippen molar-refractivity contribution in [3.05, 3.63) is 94.8 Å². The van der Waals surface area contributed by atoms with Gasteiger partial charge in [0.25, 0.3) is 5.91 Å². The molecule has 1 saturated heterocycles. The first-order valence-electron chi connectivity index (χ1n) is 22.2. The molecule has 2 fully saturated rings. The normalized spacial score (nSPS) is 18.1. The van der Waals surface area contributed by atoms with Gasteiger partial charge in [0.15, 0.2) is 0 Å². The lowest BCUT2D eigenvalue weighted by molar-refractivity contribution is -0.187. The summed E-state index contributed by atoms with van der Waals surface area (Å²) in [4.78, 5) is 53.8. The molecule has 0 bridgehead atoms. The summed E-state index contributed by atoms with van der Waals surface area (Å²) in [6.07, 6.45) is 14.2. The van der Waals surface area contributed by atoms with Crippen molar-refractivity contribution in [2.75, 3.05) is 23.7 Å². The number of unbranched alkanes of at least 4 members (excludes halogenated alkanes) is 8. The molecular weight excluding hydrogens is 789 g/mol. The van der Waals surface area contributed by atoms with E-state index in [-0.39, 0.29) is 17.9 Å². The van der Waals surface area contributed by atoms with Gasteiger partial charge in [0.05, 0.1) is 0 Å². The van der Waals surface area contributed by atoms with Crippen molar-refractivity contribution in [2.24, 2.45) is 5.92 Å². The summed E-state index contributed by atoms with van der Waals surface area (Å²) in [6, 6.07) is 15.6. The Morgan fingerprint density at radius 2 is 1.48 bits per heavy atom. The van der Waals surface area contributed by atoms with Gasteiger partial charge in [0, 0.05) is 42.9 Å². The Labute approximate surface area is 357 Å². The maximum atomic E-state index is 13.8. The molecule has 13 heteroatoms. The summed E-state index contributed by atoms with van der Waals surface area (Å²) in [5, 5.41) is 6.39. The number of benzene rings is 3. The molecule has 3 aromatic rings. The number of rotatable bonds is 22. The number of fused-ring (bicyclic) bond motifs is 2. The summed E-state index contributed by atoms with van der Waals surface area (Å²) in [7, 11) is 0. The van der Waals surface area contributed by atoms with Gasteiger partial charge in [-0.25, -0.2) is 14.1 Å². The minimum absolute atomic E-state index is 0.0334. The van der Waals surface area contributed by atoms with E-state index in [4.69, 9.17) is 4.74 Å². The number of hydrogen-bond acceptors (Lipinski definition) is 6. The van der Waals surface area contributed by atoms with Crippen molar-refractivity contribution in [1.29, 1.82) is 0 Å². The average molecular weight is 849 g/mol. The fourth-order valence-electron chi connectivity index (χ4n) is 8.98. The number of alkyl halides is 3. The molecule has 0 radical (unpaired) electrons. The highest BCUT2D eigenvalue weighted by molar-refractivity contribution is 6.06. The molecule has 1 spiro atoms. The Kier molecular flexibility index (Phi) is 15.9. The standard InChI is InChI=1S/C48H60F4N4O5/c1-34(48(50,51)52)55(32-37-17-21-39(49)22-18-37)44(58)33-56-45(59)47(61-46(56)60)29-27-38-31-41(25-26-42(38)47)53-30-28-36-19-23-40(24-20-36)54-43(57)16-10-8-6-4-2-3-5-7-9-13-35-14-11-12-15-35/h17-26,31,34-35,53H,2-16,27-30,32-33H2,1H3,(H,54,57)/t34-,47+/m0/s1. The first kappa shape index (κ1) is 45.6. The van der Waals surface area contributed by atoms with Crippen molar-refractivity contribution < 1.29 is 41.5 Å². The zero-order valence-corrected chi connectivity index (χ0v) is 35.3. The Balaban J connectivity index is 0.904. The van der Waals surface area contributed by atoms with Crippen LogP contribution in [0.25, 0.3) is 0 Å². The molecule has 2 atom stereocenters. The number of aryl methyl sites for hydroxylation is 1. The molecule has 0 unspecified atom stereocenters. The SMILES string of the molecule is C[C@H](N(Cc1ccc(F)cc1)C(=O)CN1C(=O)O[C@@]2(CCc3cc(NCCc4ccc(NC(=O)CCCCCCCCCCCC5CCCC5)cc4)ccc32)C1=O)C(F)(F)F. The fraction of sp³-hybridized carbons (Fsp3) is 0.542. The van der Waals surface area contributed by atoms with Crippen LogP contribution in [-0.2, 0) is 44.1 Å². The number of nitrogens with one attached hydrogen (secondary N) is 2. The second-order valence-corrected chi connectivity index (χ2v) is 17.1. The minimum Gasteiger partial charge on any atom is -0.427 e. The van der Waals surface area contributed by atoms with Crippen LogP contribution in [0.5, 0.6) is 0 Å². The van der Waals surface area contributed by atoms with Crippen molar-refractivity contribution in [2.45, 2.75) is 147 Å². The zero-order chi connectivity index (χ0) is 43.4. The molecular formula is C48H60F4N4O5. The van der Waals surface area contributed by atoms with E-state index in [2.05, 4.69) is 10.6 Å². The number of ether oxygens (including phenoxy) is 1. The van der Waals surface area contributed by atoms with Crippen molar-refractivity contribution >= 4 is 35.2 Å². The molecule has 2 N–H and O–H groups in total. The summed E-state index contributed by atoms with van der Waals surface area (Å²) in [5.41, 5.74) is 2.47. The molecule has 2 aliphatic carbocycles. The molecule has 1 heterocycles. The Bertz CT molecular complexity index is 1950. The van der Waals surface area contributed by atoms with E-state index in [0.29, 0.717) is 41.2 Å². The first-order chi connectivity index (χ1) is 29.3. The number of amides is 4. The highest BCUT2D eigenvalue weighted by Crippen LogP contribution is 2.46. The van der Waals surface area contributed by atoms with Crippen LogP contribution in [0.2, 0.25) is 0 Å². The average Bonchev–Trinajstić information content (AvgIpc) is 3.95. The lowest BCUT2D eigenvalue weighted by Crippen LogP contribution is -2.51. The third-order valence-corrected chi connectivity index (χ3v) is 12.7. The molecule has 1 saturated carbocycles. The Morgan fingerprint density at radius 1 is 0.852 bits per heavy atom. The molecule has 330 valence electrons. The number of halogens is 4. The monoisotopic (exact) mass is 848 g/mol. The smallest absolute Gasteiger partial charge is 0.418 e. The molecule has 3 aliphatic rings. The number of carbonyl (C=O) groups excluding carboxylic acids is 4. The van der Waals surface area contributed by atoms with Gasteiger partial charge < -0.3 is 20.3 Å². The van der Waals surface area contributed by atoms with Crippen molar-refractivity contribution in [3.8, 4) is 0 Å². The van der Waals surface area contributed by atoms with E-state index in [1.54, 1.807) is 12.1 Å². The summed E-state index contributed by atoms with van der Waals surface area (Å²) in [6.45, 7) is -0.0372. The molecule has 1 aliphatic heterocycles. The van der Waals surface area contributed by atoms with Gasteiger partial charge in [0.2, 0.25) is 17.4 Å². The lowest BCUT2D eigenvalue weighted by atomic mass is 9.94. The van der Waals surface area contributed by atoms with Crippen LogP contribution >= 0.6 is 0 Å². The van der Waals surface area contributed by atoms with E-state index < -0.39 is 54.6 Å². The van der Waals surface area contributed by atoms with Crippen LogP contribution in [0.1, 0.15) is 132 Å². The van der Waals surface area contributed by atoms with Gasteiger partial charge in [0.1, 0.15) is 18.4 Å². The number of imide groups is 1. The Hall–Kier alpha value is -4.94. The topological polar surface area (TPSA) is 108 Å². The lowest BCUT2D eigenvalue weighted by Gasteiger charge is -2.31. The fourth-order valence-corrected chi connectivity index (χ4v) is 8.98. The molecule has 0 aromatic heterocycles. The largest absolute Gasteiger partial charge is 0.427 e. The molecule has 61 heavy (non-hydrogen) atoms. The third kappa shape index (κ3) is 12.3. The van der Waals surface area contributed by atoms with Gasteiger partial charge in [-0.05, 0) is 85.2 Å². The van der Waals surface area contributed by atoms with Crippen LogP contribution in [-0.4, -0.2) is 58.9 Å². The van der Waals surface area contributed by atoms with Gasteiger partial charge >= 0.3 is 12.3 Å². The maximum Gasteiger partial charge on any atom is 0.418 e. The zero-order valence-electron chi connectivity index (χ0n) is 35.3. The van der Waals surface area contributed by atoms with Gasteiger partial charge in [-0.3, -0.25) is 14.4 Å². The second kappa shape index (κ2) is 21.2. The number of carbonyl (C=O) groups is 4. The van der Waals surface area contributed by atoms with Crippen molar-refractivity contribution in [3.63, 3.8) is 0 Å². The summed E-state index contributed by atoms with van der Waals surface area (Å²) in [5.74, 6) is -1.46. The number of hydrogen-bond donors (Lipinski definition) is 2. The van der Waals surface area contributed by atoms with Crippen LogP contribution in [0.3, 0.4) is 0 Å². The van der Waals surface area contributed by atoms with Crippen LogP contribution in [0.4, 0.5) is 33.7 Å². The van der Waals surface area contributed by atoms with Crippen LogP contribution in [0.15, 0.2) is 66.7 Å². The number of nitrogens with zero attached hydrogens (tertiary/aromatic N) is 2. The van der Waals surface area contributed by atoms with Crippen LogP contribution < -0.4 is 10.6 Å². The number of anilines is 2. The molecule has 3 aromatic carbocycles. The Morgan fingerprint density at radius 3 is 2.15 bits per heavy atom. The van der Waals surface area contributed by atoms with Crippen LogP contribution in [0, 0.1) is 11.7 Å². The highest BCUT2D eigenvalue weighted by atomic mass is 19.4. The van der Waals surface area contributed by atoms with Crippen molar-refractivity contribution in [1.82, 2.24) is 9.80 Å². The summed E-state index contributed by atoms with van der Waals surface area (Å²) < 4.78 is 60.5. The second-order valence-electron chi connectivity index (χ2n) is 17.1. The predicted molar refractivity (Wildman–Crippen MR) is 227 cm³/mol. The predicted octanol–water partition coefficient (Wildman–Crippen LogP) is 11.0. The van der Waals surface area contributed by atoms with Gasteiger partial charge in [-0.2, -0.15) is 13.2 Å². The highest BCUT2D eigenvalue weighted by Gasteiger charge is 2.58. The van der Waals surface area contributed by atoms with Gasteiger partial charge in [-0.15, -0.1) is 0 Å². The molecule has 4 amide bonds. The minimum atomic E-state index is -4.79. The molecule has 6 rings (SSSR count). The van der Waals surface area contributed by atoms with E-state index in [0.717, 1.165) is 60.3 Å². The first-order valence-corrected chi connectivity index (χ1v) is 22.2. The van der Waals surface area contributed by atoms with E-state index in [1.807, 2.05) is 30.3 Å². The van der Waals surface area contributed by atoms with Gasteiger partial charge in [-0.1, -0.05) is 114 Å². The quantitative estimate of drug-likeness (QED) is 0.0770. The van der Waals surface area contributed by atoms with E-state index >= 15 is 0 Å². The van der Waals surface area contributed by atoms with E-state index in [9.17, 15) is 36.7 Å². The summed E-state index contributed by atoms with van der Waals surface area (Å²) >= 11 is 0.